The van der Waals surface area contributed by atoms with Crippen molar-refractivity contribution < 1.29 is 13.9 Å². The molecule has 0 unspecified atom stereocenters. The number of hydrogen-bond donors (Lipinski definition) is 0. The first-order valence-corrected chi connectivity index (χ1v) is 7.46. The largest absolute Gasteiger partial charge is 0.493 e. The Bertz CT molecular complexity index is 766. The molecule has 0 saturated heterocycles. The zero-order valence-electron chi connectivity index (χ0n) is 12.1. The number of nitrogens with zero attached hydrogens (tertiary/aromatic N) is 1. The van der Waals surface area contributed by atoms with Crippen LogP contribution in [0.3, 0.4) is 0 Å². The molecule has 0 amide bonds. The summed E-state index contributed by atoms with van der Waals surface area (Å²) in [5.41, 5.74) is 1.69. The van der Waals surface area contributed by atoms with Gasteiger partial charge in [-0.15, -0.1) is 0 Å². The Kier molecular flexibility index (Phi) is 5.39. The first-order chi connectivity index (χ1) is 10.6. The van der Waals surface area contributed by atoms with Crippen molar-refractivity contribution in [2.75, 3.05) is 14.2 Å². The molecule has 0 heterocycles. The molecule has 0 fully saturated rings. The Hall–Kier alpha value is -2.07. The SMILES string of the molecule is COc1cc(/C=C(/C#N)c2cccc(F)c2)cc(I)c1OC. The van der Waals surface area contributed by atoms with E-state index < -0.39 is 0 Å². The van der Waals surface area contributed by atoms with Gasteiger partial charge in [0.15, 0.2) is 11.5 Å². The van der Waals surface area contributed by atoms with E-state index in [1.165, 1.54) is 12.1 Å². The van der Waals surface area contributed by atoms with Gasteiger partial charge >= 0.3 is 0 Å². The summed E-state index contributed by atoms with van der Waals surface area (Å²) >= 11 is 2.14. The van der Waals surface area contributed by atoms with Crippen LogP contribution in [0.5, 0.6) is 11.5 Å². The van der Waals surface area contributed by atoms with Gasteiger partial charge in [-0.25, -0.2) is 4.39 Å². The first-order valence-electron chi connectivity index (χ1n) is 6.38. The molecule has 2 rings (SSSR count). The molecule has 0 atom stereocenters. The van der Waals surface area contributed by atoms with Gasteiger partial charge in [0.05, 0.1) is 29.4 Å². The summed E-state index contributed by atoms with van der Waals surface area (Å²) in [7, 11) is 3.13. The molecular weight excluding hydrogens is 396 g/mol. The molecule has 0 aliphatic rings. The molecule has 0 aromatic heterocycles. The molecular formula is C17H13FINO2. The maximum absolute atomic E-state index is 13.3. The fraction of sp³-hybridized carbons (Fsp3) is 0.118. The highest BCUT2D eigenvalue weighted by Crippen LogP contribution is 2.34. The number of hydrogen-bond acceptors (Lipinski definition) is 3. The van der Waals surface area contributed by atoms with E-state index in [1.807, 2.05) is 6.07 Å². The monoisotopic (exact) mass is 409 g/mol. The van der Waals surface area contributed by atoms with Crippen molar-refractivity contribution in [1.82, 2.24) is 0 Å². The number of benzene rings is 2. The minimum atomic E-state index is -0.374. The summed E-state index contributed by atoms with van der Waals surface area (Å²) in [6, 6.07) is 11.7. The van der Waals surface area contributed by atoms with E-state index in [-0.39, 0.29) is 5.82 Å². The first kappa shape index (κ1) is 16.3. The van der Waals surface area contributed by atoms with E-state index in [4.69, 9.17) is 9.47 Å². The van der Waals surface area contributed by atoms with Gasteiger partial charge in [-0.05, 0) is 64.1 Å². The smallest absolute Gasteiger partial charge is 0.174 e. The molecule has 2 aromatic carbocycles. The minimum Gasteiger partial charge on any atom is -0.493 e. The van der Waals surface area contributed by atoms with Crippen molar-refractivity contribution in [2.45, 2.75) is 0 Å². The average Bonchev–Trinajstić information content (AvgIpc) is 2.51. The quantitative estimate of drug-likeness (QED) is 0.424. The number of nitriles is 1. The van der Waals surface area contributed by atoms with Crippen molar-refractivity contribution in [3.05, 3.63) is 56.9 Å². The van der Waals surface area contributed by atoms with E-state index in [0.29, 0.717) is 22.6 Å². The Labute approximate surface area is 142 Å². The molecule has 0 spiro atoms. The van der Waals surface area contributed by atoms with Gasteiger partial charge in [0.1, 0.15) is 5.82 Å². The number of halogens is 2. The third kappa shape index (κ3) is 3.57. The summed E-state index contributed by atoms with van der Waals surface area (Å²) in [6.07, 6.45) is 1.69. The molecule has 22 heavy (non-hydrogen) atoms. The highest BCUT2D eigenvalue weighted by Gasteiger charge is 2.10. The zero-order valence-corrected chi connectivity index (χ0v) is 14.2. The highest BCUT2D eigenvalue weighted by molar-refractivity contribution is 14.1. The van der Waals surface area contributed by atoms with Crippen LogP contribution in [0.2, 0.25) is 0 Å². The molecule has 0 saturated carbocycles. The molecule has 0 aliphatic heterocycles. The summed E-state index contributed by atoms with van der Waals surface area (Å²) < 4.78 is 24.8. The number of allylic oxidation sites excluding steroid dienone is 1. The normalized spacial score (nSPS) is 11.0. The van der Waals surface area contributed by atoms with Crippen molar-refractivity contribution in [3.63, 3.8) is 0 Å². The zero-order chi connectivity index (χ0) is 16.1. The van der Waals surface area contributed by atoms with Gasteiger partial charge < -0.3 is 9.47 Å². The molecule has 0 aliphatic carbocycles. The standard InChI is InChI=1S/C17H13FINO2/c1-21-16-8-11(7-15(19)17(16)22-2)6-13(10-20)12-4-3-5-14(18)9-12/h3-9H,1-2H3/b13-6-. The fourth-order valence-electron chi connectivity index (χ4n) is 2.02. The van der Waals surface area contributed by atoms with Gasteiger partial charge in [-0.2, -0.15) is 5.26 Å². The lowest BCUT2D eigenvalue weighted by Gasteiger charge is -2.10. The van der Waals surface area contributed by atoms with Crippen LogP contribution in [-0.2, 0) is 0 Å². The summed E-state index contributed by atoms with van der Waals surface area (Å²) in [5.74, 6) is 0.849. The molecule has 5 heteroatoms. The maximum Gasteiger partial charge on any atom is 0.174 e. The lowest BCUT2D eigenvalue weighted by Crippen LogP contribution is -1.94. The van der Waals surface area contributed by atoms with Crippen LogP contribution in [0.1, 0.15) is 11.1 Å². The minimum absolute atomic E-state index is 0.374. The average molecular weight is 409 g/mol. The van der Waals surface area contributed by atoms with Crippen LogP contribution in [0.25, 0.3) is 11.6 Å². The molecule has 2 aromatic rings. The molecule has 3 nitrogen and oxygen atoms in total. The maximum atomic E-state index is 13.3. The summed E-state index contributed by atoms with van der Waals surface area (Å²) in [6.45, 7) is 0. The second-order valence-corrected chi connectivity index (χ2v) is 5.58. The topological polar surface area (TPSA) is 42.2 Å². The Balaban J connectivity index is 2.51. The van der Waals surface area contributed by atoms with E-state index in [2.05, 4.69) is 28.7 Å². The van der Waals surface area contributed by atoms with Crippen molar-refractivity contribution in [1.29, 1.82) is 5.26 Å². The Morgan fingerprint density at radius 2 is 2.00 bits per heavy atom. The highest BCUT2D eigenvalue weighted by atomic mass is 127. The number of ether oxygens (including phenoxy) is 2. The predicted molar refractivity (Wildman–Crippen MR) is 92.1 cm³/mol. The molecule has 112 valence electrons. The number of methoxy groups -OCH3 is 2. The van der Waals surface area contributed by atoms with Gasteiger partial charge in [-0.1, -0.05) is 12.1 Å². The van der Waals surface area contributed by atoms with Crippen LogP contribution < -0.4 is 9.47 Å². The Morgan fingerprint density at radius 1 is 1.23 bits per heavy atom. The van der Waals surface area contributed by atoms with Crippen molar-refractivity contribution >= 4 is 34.2 Å². The lowest BCUT2D eigenvalue weighted by molar-refractivity contribution is 0.353. The summed E-state index contributed by atoms with van der Waals surface area (Å²) in [4.78, 5) is 0. The Morgan fingerprint density at radius 3 is 2.59 bits per heavy atom. The van der Waals surface area contributed by atoms with Crippen molar-refractivity contribution in [2.24, 2.45) is 0 Å². The second-order valence-electron chi connectivity index (χ2n) is 4.42. The van der Waals surface area contributed by atoms with Crippen LogP contribution in [0.15, 0.2) is 36.4 Å². The van der Waals surface area contributed by atoms with Gasteiger partial charge in [0, 0.05) is 0 Å². The fourth-order valence-corrected chi connectivity index (χ4v) is 2.87. The van der Waals surface area contributed by atoms with Crippen LogP contribution in [-0.4, -0.2) is 14.2 Å². The van der Waals surface area contributed by atoms with E-state index in [9.17, 15) is 9.65 Å². The van der Waals surface area contributed by atoms with E-state index in [0.717, 1.165) is 9.13 Å². The van der Waals surface area contributed by atoms with Gasteiger partial charge in [0.2, 0.25) is 0 Å². The van der Waals surface area contributed by atoms with Gasteiger partial charge in [0.25, 0.3) is 0 Å². The summed E-state index contributed by atoms with van der Waals surface area (Å²) in [5, 5.41) is 9.33. The third-order valence-electron chi connectivity index (χ3n) is 3.02. The van der Waals surface area contributed by atoms with Crippen LogP contribution >= 0.6 is 22.6 Å². The lowest BCUT2D eigenvalue weighted by atomic mass is 10.0. The third-order valence-corrected chi connectivity index (χ3v) is 3.82. The molecule has 0 bridgehead atoms. The van der Waals surface area contributed by atoms with Crippen LogP contribution in [0.4, 0.5) is 4.39 Å². The molecule has 0 radical (unpaired) electrons. The van der Waals surface area contributed by atoms with E-state index in [1.54, 1.807) is 38.5 Å². The number of rotatable bonds is 4. The predicted octanol–water partition coefficient (Wildman–Crippen LogP) is 4.51. The molecule has 0 N–H and O–H groups in total. The van der Waals surface area contributed by atoms with Crippen LogP contribution in [0, 0.1) is 20.7 Å². The van der Waals surface area contributed by atoms with Crippen molar-refractivity contribution in [3.8, 4) is 17.6 Å². The second kappa shape index (κ2) is 7.27. The van der Waals surface area contributed by atoms with Gasteiger partial charge in [-0.3, -0.25) is 0 Å². The van der Waals surface area contributed by atoms with E-state index >= 15 is 0 Å².